The predicted molar refractivity (Wildman–Crippen MR) is 97.6 cm³/mol. The monoisotopic (exact) mass is 373 g/mol. The molecule has 1 atom stereocenters. The van der Waals surface area contributed by atoms with Crippen LogP contribution in [0.4, 0.5) is 4.39 Å². The highest BCUT2D eigenvalue weighted by atomic mass is 19.1. The normalized spacial score (nSPS) is 17.0. The third-order valence-electron chi connectivity index (χ3n) is 4.53. The number of hydrogen-bond acceptors (Lipinski definition) is 4. The van der Waals surface area contributed by atoms with Crippen molar-refractivity contribution in [1.82, 2.24) is 15.4 Å². The van der Waals surface area contributed by atoms with Gasteiger partial charge in [-0.2, -0.15) is 0 Å². The lowest BCUT2D eigenvalue weighted by Crippen LogP contribution is -2.37. The standard InChI is InChI=1S/C20H24FN3O3/c1-13(2)9-17-11-18(23-27-17)20(26)22-16-10-19(25)24(12-16)8-7-14-3-5-15(21)6-4-14/h3-6,11,13,16H,7-10,12H2,1-2H3,(H,22,26). The molecule has 1 aromatic carbocycles. The molecule has 0 bridgehead atoms. The van der Waals surface area contributed by atoms with Crippen molar-refractivity contribution in [3.63, 3.8) is 0 Å². The molecule has 27 heavy (non-hydrogen) atoms. The van der Waals surface area contributed by atoms with Gasteiger partial charge in [0.25, 0.3) is 5.91 Å². The number of nitrogens with one attached hydrogen (secondary N) is 1. The zero-order valence-electron chi connectivity index (χ0n) is 15.6. The molecule has 2 amide bonds. The molecule has 144 valence electrons. The van der Waals surface area contributed by atoms with Crippen LogP contribution in [0.25, 0.3) is 0 Å². The SMILES string of the molecule is CC(C)Cc1cc(C(=O)NC2CC(=O)N(CCc3ccc(F)cc3)C2)no1. The lowest BCUT2D eigenvalue weighted by atomic mass is 10.1. The molecule has 3 rings (SSSR count). The van der Waals surface area contributed by atoms with Gasteiger partial charge in [-0.15, -0.1) is 0 Å². The van der Waals surface area contributed by atoms with Crippen molar-refractivity contribution in [3.8, 4) is 0 Å². The molecule has 1 unspecified atom stereocenters. The third kappa shape index (κ3) is 5.15. The van der Waals surface area contributed by atoms with Crippen molar-refractivity contribution in [2.75, 3.05) is 13.1 Å². The molecule has 1 N–H and O–H groups in total. The van der Waals surface area contributed by atoms with E-state index in [4.69, 9.17) is 4.52 Å². The minimum absolute atomic E-state index is 0.00283. The van der Waals surface area contributed by atoms with Crippen molar-refractivity contribution in [1.29, 1.82) is 0 Å². The summed E-state index contributed by atoms with van der Waals surface area (Å²) in [6, 6.07) is 7.66. The highest BCUT2D eigenvalue weighted by Crippen LogP contribution is 2.15. The van der Waals surface area contributed by atoms with Gasteiger partial charge in [-0.1, -0.05) is 31.1 Å². The molecule has 0 saturated carbocycles. The second-order valence-electron chi connectivity index (χ2n) is 7.37. The summed E-state index contributed by atoms with van der Waals surface area (Å²) >= 11 is 0. The fraction of sp³-hybridized carbons (Fsp3) is 0.450. The van der Waals surface area contributed by atoms with Crippen LogP contribution in [0.3, 0.4) is 0 Å². The molecule has 1 fully saturated rings. The molecule has 1 aliphatic rings. The number of hydrogen-bond donors (Lipinski definition) is 1. The number of carbonyl (C=O) groups is 2. The molecular weight excluding hydrogens is 349 g/mol. The molecular formula is C20H24FN3O3. The van der Waals surface area contributed by atoms with E-state index in [9.17, 15) is 14.0 Å². The lowest BCUT2D eigenvalue weighted by Gasteiger charge is -2.17. The Morgan fingerprint density at radius 2 is 2.11 bits per heavy atom. The zero-order valence-corrected chi connectivity index (χ0v) is 15.6. The first-order valence-electron chi connectivity index (χ1n) is 9.19. The van der Waals surface area contributed by atoms with Gasteiger partial charge in [0.2, 0.25) is 5.91 Å². The van der Waals surface area contributed by atoms with Gasteiger partial charge in [0.05, 0.1) is 6.04 Å². The second kappa shape index (κ2) is 8.33. The topological polar surface area (TPSA) is 75.4 Å². The highest BCUT2D eigenvalue weighted by molar-refractivity contribution is 5.93. The third-order valence-corrected chi connectivity index (χ3v) is 4.53. The van der Waals surface area contributed by atoms with Crippen LogP contribution in [0.2, 0.25) is 0 Å². The number of aromatic nitrogens is 1. The summed E-state index contributed by atoms with van der Waals surface area (Å²) in [7, 11) is 0. The van der Waals surface area contributed by atoms with E-state index < -0.39 is 0 Å². The van der Waals surface area contributed by atoms with E-state index in [1.165, 1.54) is 12.1 Å². The van der Waals surface area contributed by atoms with Crippen LogP contribution >= 0.6 is 0 Å². The molecule has 0 aliphatic carbocycles. The van der Waals surface area contributed by atoms with Gasteiger partial charge in [0.15, 0.2) is 5.69 Å². The van der Waals surface area contributed by atoms with Gasteiger partial charge in [-0.3, -0.25) is 9.59 Å². The van der Waals surface area contributed by atoms with Crippen molar-refractivity contribution < 1.29 is 18.5 Å². The fourth-order valence-electron chi connectivity index (χ4n) is 3.18. The number of halogens is 1. The van der Waals surface area contributed by atoms with E-state index in [1.807, 2.05) is 0 Å². The van der Waals surface area contributed by atoms with Crippen LogP contribution in [0.15, 0.2) is 34.9 Å². The molecule has 1 aromatic heterocycles. The van der Waals surface area contributed by atoms with Crippen LogP contribution in [-0.4, -0.2) is 41.0 Å². The Labute approximate surface area is 157 Å². The largest absolute Gasteiger partial charge is 0.361 e. The summed E-state index contributed by atoms with van der Waals surface area (Å²) in [6.45, 7) is 5.13. The van der Waals surface area contributed by atoms with Gasteiger partial charge in [-0.25, -0.2) is 4.39 Å². The minimum atomic E-state index is -0.327. The Hall–Kier alpha value is -2.70. The molecule has 2 aromatic rings. The summed E-state index contributed by atoms with van der Waals surface area (Å²) in [5, 5.41) is 6.67. The maximum atomic E-state index is 12.9. The van der Waals surface area contributed by atoms with E-state index in [-0.39, 0.29) is 35.8 Å². The van der Waals surface area contributed by atoms with Gasteiger partial charge in [-0.05, 0) is 30.0 Å². The summed E-state index contributed by atoms with van der Waals surface area (Å²) in [5.41, 5.74) is 1.21. The fourth-order valence-corrected chi connectivity index (χ4v) is 3.18. The number of carbonyl (C=O) groups excluding carboxylic acids is 2. The van der Waals surface area contributed by atoms with E-state index in [0.717, 1.165) is 12.0 Å². The summed E-state index contributed by atoms with van der Waals surface area (Å²) in [5.74, 6) is 0.493. The molecule has 1 aliphatic heterocycles. The van der Waals surface area contributed by atoms with E-state index >= 15 is 0 Å². The summed E-state index contributed by atoms with van der Waals surface area (Å²) < 4.78 is 18.1. The smallest absolute Gasteiger partial charge is 0.273 e. The van der Waals surface area contributed by atoms with Crippen LogP contribution in [0.1, 0.15) is 42.1 Å². The average molecular weight is 373 g/mol. The lowest BCUT2D eigenvalue weighted by molar-refractivity contribution is -0.127. The first-order valence-corrected chi connectivity index (χ1v) is 9.19. The number of benzene rings is 1. The van der Waals surface area contributed by atoms with Crippen molar-refractivity contribution in [3.05, 3.63) is 53.2 Å². The maximum absolute atomic E-state index is 12.9. The van der Waals surface area contributed by atoms with E-state index in [0.29, 0.717) is 31.2 Å². The summed E-state index contributed by atoms with van der Waals surface area (Å²) in [6.07, 6.45) is 1.64. The van der Waals surface area contributed by atoms with Gasteiger partial charge >= 0.3 is 0 Å². The predicted octanol–water partition coefficient (Wildman–Crippen LogP) is 2.59. The number of rotatable bonds is 7. The Bertz CT molecular complexity index is 801. The zero-order chi connectivity index (χ0) is 19.4. The molecule has 1 saturated heterocycles. The van der Waals surface area contributed by atoms with Gasteiger partial charge in [0, 0.05) is 32.0 Å². The number of nitrogens with zero attached hydrogens (tertiary/aromatic N) is 2. The average Bonchev–Trinajstić information content (AvgIpc) is 3.20. The minimum Gasteiger partial charge on any atom is -0.361 e. The van der Waals surface area contributed by atoms with Crippen LogP contribution in [-0.2, 0) is 17.6 Å². The Morgan fingerprint density at radius 3 is 2.81 bits per heavy atom. The van der Waals surface area contributed by atoms with Crippen molar-refractivity contribution in [2.45, 2.75) is 39.2 Å². The number of amides is 2. The van der Waals surface area contributed by atoms with Crippen molar-refractivity contribution in [2.24, 2.45) is 5.92 Å². The molecule has 7 heteroatoms. The summed E-state index contributed by atoms with van der Waals surface area (Å²) in [4.78, 5) is 26.2. The van der Waals surface area contributed by atoms with Crippen LogP contribution in [0, 0.1) is 11.7 Å². The van der Waals surface area contributed by atoms with Gasteiger partial charge in [0.1, 0.15) is 11.6 Å². The van der Waals surface area contributed by atoms with Crippen LogP contribution in [0.5, 0.6) is 0 Å². The Kier molecular flexibility index (Phi) is 5.88. The van der Waals surface area contributed by atoms with Gasteiger partial charge < -0.3 is 14.7 Å². The van der Waals surface area contributed by atoms with E-state index in [1.54, 1.807) is 23.1 Å². The highest BCUT2D eigenvalue weighted by Gasteiger charge is 2.31. The van der Waals surface area contributed by atoms with Crippen LogP contribution < -0.4 is 5.32 Å². The quantitative estimate of drug-likeness (QED) is 0.809. The first-order chi connectivity index (χ1) is 12.9. The molecule has 2 heterocycles. The Balaban J connectivity index is 1.50. The molecule has 6 nitrogen and oxygen atoms in total. The Morgan fingerprint density at radius 1 is 1.37 bits per heavy atom. The maximum Gasteiger partial charge on any atom is 0.273 e. The van der Waals surface area contributed by atoms with E-state index in [2.05, 4.69) is 24.3 Å². The molecule has 0 radical (unpaired) electrons. The van der Waals surface area contributed by atoms with Crippen molar-refractivity contribution >= 4 is 11.8 Å². The second-order valence-corrected chi connectivity index (χ2v) is 7.37. The first kappa shape index (κ1) is 19.1. The molecule has 0 spiro atoms. The number of likely N-dealkylation sites (tertiary alicyclic amines) is 1.